The Bertz CT molecular complexity index is 849. The number of anilines is 1. The van der Waals surface area contributed by atoms with Gasteiger partial charge in [0, 0.05) is 36.8 Å². The fraction of sp³-hybridized carbons (Fsp3) is 0.200. The largest absolute Gasteiger partial charge is 0.483 e. The van der Waals surface area contributed by atoms with Gasteiger partial charge >= 0.3 is 0 Å². The van der Waals surface area contributed by atoms with Crippen molar-refractivity contribution >= 4 is 18.2 Å². The molecular formula is C15H15N5O4. The summed E-state index contributed by atoms with van der Waals surface area (Å²) in [5.74, 6) is 1.11. The monoisotopic (exact) mass is 329 g/mol. The number of imidazole rings is 1. The molecule has 0 radical (unpaired) electrons. The molecule has 1 unspecified atom stereocenters. The van der Waals surface area contributed by atoms with Crippen molar-refractivity contribution in [2.75, 3.05) is 5.32 Å². The predicted octanol–water partition coefficient (Wildman–Crippen LogP) is 1.58. The van der Waals surface area contributed by atoms with E-state index in [4.69, 9.17) is 14.3 Å². The number of carboxylic acid groups (broad SMARTS) is 1. The van der Waals surface area contributed by atoms with Gasteiger partial charge in [0.05, 0.1) is 12.6 Å². The molecule has 9 heteroatoms. The Balaban J connectivity index is 0.000000526. The highest BCUT2D eigenvalue weighted by molar-refractivity contribution is 5.95. The molecule has 24 heavy (non-hydrogen) atoms. The molecule has 1 atom stereocenters. The maximum atomic E-state index is 11.9. The summed E-state index contributed by atoms with van der Waals surface area (Å²) in [5, 5.41) is 16.9. The molecule has 1 amide bonds. The summed E-state index contributed by atoms with van der Waals surface area (Å²) in [6.07, 6.45) is 5.49. The summed E-state index contributed by atoms with van der Waals surface area (Å²) in [5.41, 5.74) is 2.70. The Morgan fingerprint density at radius 2 is 2.29 bits per heavy atom. The number of carbonyl (C=O) groups is 2. The van der Waals surface area contributed by atoms with Crippen LogP contribution in [0.15, 0.2) is 35.3 Å². The lowest BCUT2D eigenvalue weighted by atomic mass is 9.88. The summed E-state index contributed by atoms with van der Waals surface area (Å²) < 4.78 is 7.38. The molecule has 4 rings (SSSR count). The quantitative estimate of drug-likeness (QED) is 0.613. The summed E-state index contributed by atoms with van der Waals surface area (Å²) in [4.78, 5) is 24.4. The van der Waals surface area contributed by atoms with E-state index >= 15 is 0 Å². The third-order valence-electron chi connectivity index (χ3n) is 3.78. The van der Waals surface area contributed by atoms with Gasteiger partial charge in [-0.25, -0.2) is 4.98 Å². The van der Waals surface area contributed by atoms with Crippen molar-refractivity contribution in [3.63, 3.8) is 0 Å². The maximum Gasteiger partial charge on any atom is 0.290 e. The Morgan fingerprint density at radius 1 is 1.50 bits per heavy atom. The third kappa shape index (κ3) is 2.67. The molecule has 0 aromatic carbocycles. The van der Waals surface area contributed by atoms with Crippen LogP contribution in [0.25, 0.3) is 11.5 Å². The molecule has 9 nitrogen and oxygen atoms in total. The molecule has 3 aromatic heterocycles. The van der Waals surface area contributed by atoms with Crippen molar-refractivity contribution in [1.29, 1.82) is 0 Å². The van der Waals surface area contributed by atoms with Crippen LogP contribution in [-0.4, -0.2) is 37.2 Å². The summed E-state index contributed by atoms with van der Waals surface area (Å²) in [6.45, 7) is -0.250. The minimum atomic E-state index is -0.250. The Hall–Kier alpha value is -3.36. The van der Waals surface area contributed by atoms with E-state index in [0.717, 1.165) is 17.0 Å². The summed E-state index contributed by atoms with van der Waals surface area (Å²) >= 11 is 0. The van der Waals surface area contributed by atoms with Crippen molar-refractivity contribution in [2.24, 2.45) is 7.05 Å². The van der Waals surface area contributed by atoms with E-state index in [2.05, 4.69) is 20.5 Å². The van der Waals surface area contributed by atoms with Crippen molar-refractivity contribution in [3.8, 4) is 11.5 Å². The standard InChI is InChI=1S/C14H13N5O2.CH2O2/c1-19-7-15-6-9(19)8-5-11(20)16-14-12(8)13(17-18-14)10-3-2-4-21-10;2-1-3/h2-4,6-8H,5H2,1H3,(H2,16,17,18,20);1H,(H,2,3). The van der Waals surface area contributed by atoms with Crippen molar-refractivity contribution in [1.82, 2.24) is 19.7 Å². The van der Waals surface area contributed by atoms with E-state index in [1.54, 1.807) is 18.8 Å². The van der Waals surface area contributed by atoms with Crippen LogP contribution in [0.1, 0.15) is 23.6 Å². The molecule has 0 saturated heterocycles. The van der Waals surface area contributed by atoms with Crippen LogP contribution in [0.5, 0.6) is 0 Å². The van der Waals surface area contributed by atoms with Crippen molar-refractivity contribution in [2.45, 2.75) is 12.3 Å². The van der Waals surface area contributed by atoms with Crippen LogP contribution < -0.4 is 5.32 Å². The van der Waals surface area contributed by atoms with E-state index in [-0.39, 0.29) is 18.3 Å². The number of furan rings is 1. The predicted molar refractivity (Wildman–Crippen MR) is 83.3 cm³/mol. The second kappa shape index (κ2) is 6.41. The first-order chi connectivity index (χ1) is 11.7. The number of aromatic amines is 1. The number of aromatic nitrogens is 4. The van der Waals surface area contributed by atoms with Gasteiger partial charge in [0.25, 0.3) is 6.47 Å². The fourth-order valence-corrected chi connectivity index (χ4v) is 2.82. The number of rotatable bonds is 2. The smallest absolute Gasteiger partial charge is 0.290 e. The van der Waals surface area contributed by atoms with Crippen molar-refractivity contribution in [3.05, 3.63) is 42.2 Å². The highest BCUT2D eigenvalue weighted by atomic mass is 16.3. The molecule has 3 aromatic rings. The van der Waals surface area contributed by atoms with Gasteiger partial charge in [-0.05, 0) is 12.1 Å². The Kier molecular flexibility index (Phi) is 4.15. The first-order valence-electron chi connectivity index (χ1n) is 7.11. The lowest BCUT2D eigenvalue weighted by molar-refractivity contribution is -0.123. The van der Waals surface area contributed by atoms with Crippen LogP contribution in [0.4, 0.5) is 5.82 Å². The van der Waals surface area contributed by atoms with Crippen LogP contribution in [0, 0.1) is 0 Å². The van der Waals surface area contributed by atoms with Gasteiger partial charge in [-0.1, -0.05) is 0 Å². The van der Waals surface area contributed by atoms with Crippen LogP contribution in [0.2, 0.25) is 0 Å². The zero-order valence-corrected chi connectivity index (χ0v) is 12.8. The number of nitrogens with zero attached hydrogens (tertiary/aromatic N) is 3. The maximum absolute atomic E-state index is 11.9. The normalized spacial score (nSPS) is 15.9. The van der Waals surface area contributed by atoms with Crippen LogP contribution in [-0.2, 0) is 16.6 Å². The number of fused-ring (bicyclic) bond motifs is 1. The Morgan fingerprint density at radius 3 is 2.92 bits per heavy atom. The van der Waals surface area contributed by atoms with E-state index in [1.165, 1.54) is 0 Å². The highest BCUT2D eigenvalue weighted by Gasteiger charge is 2.34. The van der Waals surface area contributed by atoms with Crippen LogP contribution in [0.3, 0.4) is 0 Å². The fourth-order valence-electron chi connectivity index (χ4n) is 2.82. The number of nitrogens with one attached hydrogen (secondary N) is 2. The molecule has 0 bridgehead atoms. The van der Waals surface area contributed by atoms with E-state index < -0.39 is 0 Å². The number of hydrogen-bond acceptors (Lipinski definition) is 5. The van der Waals surface area contributed by atoms with Gasteiger partial charge in [0.2, 0.25) is 5.91 Å². The van der Waals surface area contributed by atoms with Gasteiger partial charge in [-0.2, -0.15) is 5.10 Å². The zero-order chi connectivity index (χ0) is 17.1. The average Bonchev–Trinajstić information content (AvgIpc) is 3.26. The molecule has 0 aliphatic carbocycles. The number of carbonyl (C=O) groups excluding carboxylic acids is 1. The highest BCUT2D eigenvalue weighted by Crippen LogP contribution is 2.41. The molecule has 3 N–H and O–H groups in total. The molecule has 1 aliphatic heterocycles. The van der Waals surface area contributed by atoms with Crippen molar-refractivity contribution < 1.29 is 19.1 Å². The number of aryl methyl sites for hydroxylation is 1. The van der Waals surface area contributed by atoms with Gasteiger partial charge in [0.1, 0.15) is 5.69 Å². The number of H-pyrrole nitrogens is 1. The topological polar surface area (TPSA) is 126 Å². The molecule has 1 aliphatic rings. The molecule has 124 valence electrons. The van der Waals surface area contributed by atoms with Gasteiger partial charge in [-0.3, -0.25) is 14.7 Å². The lowest BCUT2D eigenvalue weighted by Gasteiger charge is -2.22. The molecular weight excluding hydrogens is 314 g/mol. The minimum absolute atomic E-state index is 0.0498. The molecule has 0 fully saturated rings. The van der Waals surface area contributed by atoms with Gasteiger partial charge in [-0.15, -0.1) is 0 Å². The summed E-state index contributed by atoms with van der Waals surface area (Å²) in [7, 11) is 1.92. The second-order valence-corrected chi connectivity index (χ2v) is 5.18. The Labute approximate surface area is 136 Å². The van der Waals surface area contributed by atoms with Gasteiger partial charge < -0.3 is 19.4 Å². The first-order valence-corrected chi connectivity index (χ1v) is 7.11. The van der Waals surface area contributed by atoms with Crippen LogP contribution >= 0.6 is 0 Å². The van der Waals surface area contributed by atoms with Gasteiger partial charge in [0.15, 0.2) is 11.6 Å². The molecule has 0 saturated carbocycles. The molecule has 0 spiro atoms. The summed E-state index contributed by atoms with van der Waals surface area (Å²) in [6, 6.07) is 3.69. The average molecular weight is 329 g/mol. The molecule has 4 heterocycles. The van der Waals surface area contributed by atoms with E-state index in [0.29, 0.717) is 18.0 Å². The first kappa shape index (κ1) is 15.5. The third-order valence-corrected chi connectivity index (χ3v) is 3.78. The lowest BCUT2D eigenvalue weighted by Crippen LogP contribution is -2.24. The zero-order valence-electron chi connectivity index (χ0n) is 12.8. The minimum Gasteiger partial charge on any atom is -0.483 e. The number of amides is 1. The number of hydrogen-bond donors (Lipinski definition) is 3. The van der Waals surface area contributed by atoms with E-state index in [9.17, 15) is 4.79 Å². The van der Waals surface area contributed by atoms with E-state index in [1.807, 2.05) is 23.7 Å². The SMILES string of the molecule is Cn1cncc1C1CC(=O)Nc2n[nH]c(-c3ccco3)c21.O=CO. The second-order valence-electron chi connectivity index (χ2n) is 5.18.